The number of carbonyl (C=O) groups excluding carboxylic acids is 3. The number of isocyanates is 1. The van der Waals surface area contributed by atoms with Gasteiger partial charge in [-0.15, -0.1) is 0 Å². The van der Waals surface area contributed by atoms with E-state index in [1.807, 2.05) is 0 Å². The van der Waals surface area contributed by atoms with E-state index in [9.17, 15) is 14.4 Å². The number of allylic oxidation sites excluding steroid dienone is 1. The van der Waals surface area contributed by atoms with Gasteiger partial charge >= 0.3 is 5.97 Å². The van der Waals surface area contributed by atoms with Gasteiger partial charge in [-0.25, -0.2) is 9.59 Å². The minimum Gasteiger partial charge on any atom is -0.462 e. The molecule has 0 saturated heterocycles. The van der Waals surface area contributed by atoms with Crippen LogP contribution in [-0.2, 0) is 14.3 Å². The molecule has 1 aromatic carbocycles. The number of Topliss-reactive ketones (excluding diaryl/α,β-unsaturated/α-hetero) is 1. The summed E-state index contributed by atoms with van der Waals surface area (Å²) in [6.07, 6.45) is 5.19. The van der Waals surface area contributed by atoms with Crippen molar-refractivity contribution in [2.75, 3.05) is 6.61 Å². The van der Waals surface area contributed by atoms with E-state index in [2.05, 4.69) is 4.99 Å². The normalized spacial score (nSPS) is 19.5. The van der Waals surface area contributed by atoms with Gasteiger partial charge in [0.25, 0.3) is 0 Å². The fourth-order valence-corrected chi connectivity index (χ4v) is 3.10. The summed E-state index contributed by atoms with van der Waals surface area (Å²) in [6, 6.07) is 3.11. The summed E-state index contributed by atoms with van der Waals surface area (Å²) in [5, 5.41) is 0.290. The van der Waals surface area contributed by atoms with Gasteiger partial charge < -0.3 is 4.74 Å². The van der Waals surface area contributed by atoms with Crippen LogP contribution in [-0.4, -0.2) is 24.4 Å². The lowest BCUT2D eigenvalue weighted by Crippen LogP contribution is -2.23. The van der Waals surface area contributed by atoms with Crippen LogP contribution in [0.4, 0.5) is 5.69 Å². The zero-order valence-corrected chi connectivity index (χ0v) is 13.2. The zero-order chi connectivity index (χ0) is 16.6. The monoisotopic (exact) mass is 331 g/mol. The van der Waals surface area contributed by atoms with Crippen molar-refractivity contribution < 1.29 is 19.1 Å². The molecule has 2 aliphatic rings. The van der Waals surface area contributed by atoms with Gasteiger partial charge in [-0.2, -0.15) is 4.99 Å². The molecular weight excluding hydrogens is 318 g/mol. The Kier molecular flexibility index (Phi) is 4.16. The molecule has 0 aromatic heterocycles. The zero-order valence-electron chi connectivity index (χ0n) is 12.5. The van der Waals surface area contributed by atoms with Crippen LogP contribution >= 0.6 is 11.6 Å². The summed E-state index contributed by atoms with van der Waals surface area (Å²) in [7, 11) is 0. The highest BCUT2D eigenvalue weighted by atomic mass is 35.5. The van der Waals surface area contributed by atoms with E-state index in [0.717, 1.165) is 18.4 Å². The number of hydrogen-bond acceptors (Lipinski definition) is 5. The first-order valence-corrected chi connectivity index (χ1v) is 7.79. The minimum atomic E-state index is -0.621. The average molecular weight is 332 g/mol. The maximum atomic E-state index is 12.6. The molecule has 23 heavy (non-hydrogen) atoms. The molecule has 0 spiro atoms. The lowest BCUT2D eigenvalue weighted by Gasteiger charge is -2.23. The van der Waals surface area contributed by atoms with Crippen LogP contribution in [0.25, 0.3) is 0 Å². The van der Waals surface area contributed by atoms with Gasteiger partial charge in [0.1, 0.15) is 5.57 Å². The van der Waals surface area contributed by atoms with E-state index < -0.39 is 11.8 Å². The highest BCUT2D eigenvalue weighted by molar-refractivity contribution is 6.34. The smallest absolute Gasteiger partial charge is 0.341 e. The molecule has 2 aliphatic carbocycles. The number of ether oxygens (including phenoxy) is 1. The summed E-state index contributed by atoms with van der Waals surface area (Å²) >= 11 is 6.13. The van der Waals surface area contributed by atoms with Crippen molar-refractivity contribution in [2.24, 2.45) is 10.9 Å². The van der Waals surface area contributed by atoms with Crippen LogP contribution in [0.2, 0.25) is 5.02 Å². The summed E-state index contributed by atoms with van der Waals surface area (Å²) in [6.45, 7) is 1.89. The molecular formula is C17H14ClNO4. The van der Waals surface area contributed by atoms with Crippen molar-refractivity contribution in [3.8, 4) is 0 Å². The molecule has 0 amide bonds. The van der Waals surface area contributed by atoms with Crippen molar-refractivity contribution >= 4 is 35.1 Å². The third-order valence-corrected chi connectivity index (χ3v) is 4.41. The first-order chi connectivity index (χ1) is 11.1. The molecule has 0 N–H and O–H groups in total. The van der Waals surface area contributed by atoms with Gasteiger partial charge in [-0.1, -0.05) is 17.7 Å². The molecule has 5 nitrogen and oxygen atoms in total. The highest BCUT2D eigenvalue weighted by Gasteiger charge is 2.39. The van der Waals surface area contributed by atoms with Gasteiger partial charge in [0.15, 0.2) is 5.78 Å². The second kappa shape index (κ2) is 6.11. The number of fused-ring (bicyclic) bond motifs is 1. The van der Waals surface area contributed by atoms with E-state index in [1.54, 1.807) is 19.1 Å². The Bertz CT molecular complexity index is 773. The van der Waals surface area contributed by atoms with Crippen LogP contribution in [0.5, 0.6) is 0 Å². The lowest BCUT2D eigenvalue weighted by atomic mass is 9.80. The summed E-state index contributed by atoms with van der Waals surface area (Å²) in [4.78, 5) is 38.7. The number of rotatable bonds is 4. The maximum Gasteiger partial charge on any atom is 0.341 e. The van der Waals surface area contributed by atoms with Crippen LogP contribution in [0, 0.1) is 5.92 Å². The Balaban J connectivity index is 2.12. The van der Waals surface area contributed by atoms with E-state index in [4.69, 9.17) is 16.3 Å². The minimum absolute atomic E-state index is 0.0413. The molecule has 0 bridgehead atoms. The Hall–Kier alpha value is -2.23. The van der Waals surface area contributed by atoms with Crippen molar-refractivity contribution in [1.82, 2.24) is 0 Å². The first-order valence-electron chi connectivity index (χ1n) is 7.41. The van der Waals surface area contributed by atoms with Gasteiger partial charge in [-0.05, 0) is 43.4 Å². The Morgan fingerprint density at radius 2 is 2.17 bits per heavy atom. The number of halogens is 1. The fourth-order valence-electron chi connectivity index (χ4n) is 2.89. The topological polar surface area (TPSA) is 72.8 Å². The van der Waals surface area contributed by atoms with Crippen molar-refractivity contribution in [2.45, 2.75) is 25.7 Å². The van der Waals surface area contributed by atoms with E-state index in [1.165, 1.54) is 12.1 Å². The van der Waals surface area contributed by atoms with Crippen molar-refractivity contribution in [3.63, 3.8) is 0 Å². The van der Waals surface area contributed by atoms with Crippen molar-refractivity contribution in [1.29, 1.82) is 0 Å². The number of nitrogens with zero attached hydrogens (tertiary/aromatic N) is 1. The number of esters is 1. The molecule has 0 aliphatic heterocycles. The molecule has 1 fully saturated rings. The first kappa shape index (κ1) is 15.7. The van der Waals surface area contributed by atoms with Crippen molar-refractivity contribution in [3.05, 3.63) is 39.9 Å². The number of aliphatic imine (C=N–C) groups is 1. The molecule has 0 radical (unpaired) electrons. The van der Waals surface area contributed by atoms with E-state index >= 15 is 0 Å². The summed E-state index contributed by atoms with van der Waals surface area (Å²) < 4.78 is 4.98. The summed E-state index contributed by atoms with van der Waals surface area (Å²) in [5.74, 6) is -0.699. The van der Waals surface area contributed by atoms with E-state index in [0.29, 0.717) is 16.5 Å². The van der Waals surface area contributed by atoms with Crippen LogP contribution in [0.15, 0.2) is 28.8 Å². The predicted octanol–water partition coefficient (Wildman–Crippen LogP) is 3.49. The molecule has 1 saturated carbocycles. The molecule has 0 heterocycles. The highest BCUT2D eigenvalue weighted by Crippen LogP contribution is 2.48. The molecule has 118 valence electrons. The third kappa shape index (κ3) is 2.85. The quantitative estimate of drug-likeness (QED) is 0.366. The Morgan fingerprint density at radius 1 is 1.43 bits per heavy atom. The van der Waals surface area contributed by atoms with Gasteiger partial charge in [-0.3, -0.25) is 4.79 Å². The number of ketones is 1. The largest absolute Gasteiger partial charge is 0.462 e. The SMILES string of the molecule is CCOC(=O)C1=CC(C2CC2)c2cc(Cl)c(N=C=O)cc2C1=O. The number of carbonyl (C=O) groups is 2. The van der Waals surface area contributed by atoms with Crippen LogP contribution in [0.3, 0.4) is 0 Å². The van der Waals surface area contributed by atoms with Crippen LogP contribution < -0.4 is 0 Å². The van der Waals surface area contributed by atoms with E-state index in [-0.39, 0.29) is 23.8 Å². The van der Waals surface area contributed by atoms with Gasteiger partial charge in [0, 0.05) is 11.5 Å². The second-order valence-electron chi connectivity index (χ2n) is 5.59. The molecule has 3 rings (SSSR count). The second-order valence-corrected chi connectivity index (χ2v) is 5.99. The lowest BCUT2D eigenvalue weighted by molar-refractivity contribution is -0.138. The maximum absolute atomic E-state index is 12.6. The Labute approximate surface area is 138 Å². The third-order valence-electron chi connectivity index (χ3n) is 4.10. The molecule has 1 atom stereocenters. The van der Waals surface area contributed by atoms with Gasteiger partial charge in [0.05, 0.1) is 17.3 Å². The number of hydrogen-bond donors (Lipinski definition) is 0. The standard InChI is InChI=1S/C17H14ClNO4/c1-2-23-17(22)13-5-10(9-3-4-9)11-6-14(18)15(19-8-20)7-12(11)16(13)21/h5-7,9-10H,2-4H2,1H3. The summed E-state index contributed by atoms with van der Waals surface area (Å²) in [5.41, 5.74) is 1.35. The van der Waals surface area contributed by atoms with Gasteiger partial charge in [0.2, 0.25) is 6.08 Å². The van der Waals surface area contributed by atoms with Crippen LogP contribution in [0.1, 0.15) is 41.6 Å². The average Bonchev–Trinajstić information content (AvgIpc) is 3.34. The fraction of sp³-hybridized carbons (Fsp3) is 0.353. The number of benzene rings is 1. The molecule has 1 unspecified atom stereocenters. The molecule has 1 aromatic rings. The molecule has 6 heteroatoms. The Morgan fingerprint density at radius 3 is 2.78 bits per heavy atom. The predicted molar refractivity (Wildman–Crippen MR) is 83.7 cm³/mol.